The zero-order chi connectivity index (χ0) is 13.2. The maximum absolute atomic E-state index is 12.3. The lowest BCUT2D eigenvalue weighted by atomic mass is 10.0. The summed E-state index contributed by atoms with van der Waals surface area (Å²) < 4.78 is 5.39. The van der Waals surface area contributed by atoms with E-state index in [1.807, 2.05) is 6.07 Å². The molecule has 1 aliphatic carbocycles. The van der Waals surface area contributed by atoms with Gasteiger partial charge in [0.05, 0.1) is 18.6 Å². The minimum Gasteiger partial charge on any atom is -0.381 e. The van der Waals surface area contributed by atoms with Crippen molar-refractivity contribution in [3.8, 4) is 0 Å². The molecule has 19 heavy (non-hydrogen) atoms. The summed E-state index contributed by atoms with van der Waals surface area (Å²) in [6.07, 6.45) is 2.90. The number of benzene rings is 1. The summed E-state index contributed by atoms with van der Waals surface area (Å²) in [4.78, 5) is 12.6. The number of fused-ring (bicyclic) bond motifs is 1. The molecule has 1 heterocycles. The molecule has 0 bridgehead atoms. The molecule has 0 radical (unpaired) electrons. The number of hydrogen-bond acceptors (Lipinski definition) is 2. The normalized spacial score (nSPS) is 29.8. The molecule has 0 aromatic heterocycles. The van der Waals surface area contributed by atoms with Crippen LogP contribution >= 0.6 is 15.9 Å². The first-order valence-electron chi connectivity index (χ1n) is 6.85. The fraction of sp³-hybridized carbons (Fsp3) is 0.533. The highest BCUT2D eigenvalue weighted by atomic mass is 79.9. The number of alkyl halides is 1. The van der Waals surface area contributed by atoms with Crippen molar-refractivity contribution in [2.24, 2.45) is 5.92 Å². The van der Waals surface area contributed by atoms with E-state index in [2.05, 4.69) is 39.4 Å². The monoisotopic (exact) mass is 323 g/mol. The molecule has 1 aromatic rings. The van der Waals surface area contributed by atoms with Crippen LogP contribution in [-0.2, 0) is 16.0 Å². The van der Waals surface area contributed by atoms with Gasteiger partial charge in [0.25, 0.3) is 0 Å². The molecular formula is C15H18BrNO2. The van der Waals surface area contributed by atoms with Gasteiger partial charge in [0, 0.05) is 11.4 Å². The number of amides is 1. The quantitative estimate of drug-likeness (QED) is 0.849. The Balaban J connectivity index is 1.71. The van der Waals surface area contributed by atoms with Crippen molar-refractivity contribution in [2.45, 2.75) is 30.1 Å². The van der Waals surface area contributed by atoms with E-state index in [1.165, 1.54) is 11.1 Å². The van der Waals surface area contributed by atoms with Crippen molar-refractivity contribution in [3.05, 3.63) is 35.4 Å². The zero-order valence-corrected chi connectivity index (χ0v) is 12.4. The lowest BCUT2D eigenvalue weighted by molar-refractivity contribution is -0.129. The molecule has 102 valence electrons. The van der Waals surface area contributed by atoms with Crippen LogP contribution in [0.4, 0.5) is 0 Å². The number of halogens is 1. The first-order valence-corrected chi connectivity index (χ1v) is 7.77. The Morgan fingerprint density at radius 3 is 3.00 bits per heavy atom. The number of carbonyl (C=O) groups is 1. The van der Waals surface area contributed by atoms with Crippen LogP contribution in [0.3, 0.4) is 0 Å². The van der Waals surface area contributed by atoms with E-state index in [1.54, 1.807) is 0 Å². The van der Waals surface area contributed by atoms with Crippen molar-refractivity contribution in [2.75, 3.05) is 13.2 Å². The Morgan fingerprint density at radius 1 is 1.37 bits per heavy atom. The Hall–Kier alpha value is -0.870. The summed E-state index contributed by atoms with van der Waals surface area (Å²) in [5.41, 5.74) is 2.57. The highest BCUT2D eigenvalue weighted by Gasteiger charge is 2.33. The Morgan fingerprint density at radius 2 is 2.21 bits per heavy atom. The minimum atomic E-state index is 0.0150. The summed E-state index contributed by atoms with van der Waals surface area (Å²) in [5.74, 6) is 0.145. The van der Waals surface area contributed by atoms with Gasteiger partial charge in [0.2, 0.25) is 5.91 Å². The van der Waals surface area contributed by atoms with Crippen LogP contribution in [0.5, 0.6) is 0 Å². The van der Waals surface area contributed by atoms with Gasteiger partial charge in [-0.1, -0.05) is 40.2 Å². The van der Waals surface area contributed by atoms with Gasteiger partial charge < -0.3 is 10.1 Å². The van der Waals surface area contributed by atoms with Gasteiger partial charge >= 0.3 is 0 Å². The largest absolute Gasteiger partial charge is 0.381 e. The molecule has 1 amide bonds. The van der Waals surface area contributed by atoms with Crippen LogP contribution < -0.4 is 5.32 Å². The minimum absolute atomic E-state index is 0.0150. The number of rotatable bonds is 2. The molecule has 2 aliphatic rings. The Kier molecular flexibility index (Phi) is 3.89. The molecule has 1 saturated heterocycles. The topological polar surface area (TPSA) is 38.3 Å². The van der Waals surface area contributed by atoms with E-state index in [-0.39, 0.29) is 17.9 Å². The number of nitrogens with one attached hydrogen (secondary N) is 1. The number of hydrogen-bond donors (Lipinski definition) is 1. The Labute approximate surface area is 121 Å². The fourth-order valence-electron chi connectivity index (χ4n) is 2.93. The second kappa shape index (κ2) is 5.63. The van der Waals surface area contributed by atoms with Crippen LogP contribution in [0.15, 0.2) is 24.3 Å². The van der Waals surface area contributed by atoms with E-state index in [9.17, 15) is 4.79 Å². The zero-order valence-electron chi connectivity index (χ0n) is 10.8. The molecule has 4 heteroatoms. The van der Waals surface area contributed by atoms with Crippen LogP contribution in [0.25, 0.3) is 0 Å². The lowest BCUT2D eigenvalue weighted by Gasteiger charge is -2.25. The van der Waals surface area contributed by atoms with Gasteiger partial charge in [-0.3, -0.25) is 4.79 Å². The van der Waals surface area contributed by atoms with Crippen LogP contribution in [0.1, 0.15) is 30.0 Å². The molecule has 1 aromatic carbocycles. The molecule has 0 spiro atoms. The van der Waals surface area contributed by atoms with Gasteiger partial charge in [0.15, 0.2) is 0 Å². The van der Waals surface area contributed by atoms with Crippen molar-refractivity contribution < 1.29 is 9.53 Å². The smallest absolute Gasteiger partial charge is 0.225 e. The average molecular weight is 324 g/mol. The highest BCUT2D eigenvalue weighted by molar-refractivity contribution is 9.09. The summed E-state index contributed by atoms with van der Waals surface area (Å²) >= 11 is 3.69. The lowest BCUT2D eigenvalue weighted by Crippen LogP contribution is -2.39. The SMILES string of the molecule is O=C(NC1c2ccccc2CC1Br)C1CCCOC1. The van der Waals surface area contributed by atoms with E-state index in [0.29, 0.717) is 11.4 Å². The predicted molar refractivity (Wildman–Crippen MR) is 77.3 cm³/mol. The first kappa shape index (κ1) is 13.1. The van der Waals surface area contributed by atoms with Crippen molar-refractivity contribution in [1.82, 2.24) is 5.32 Å². The van der Waals surface area contributed by atoms with E-state index < -0.39 is 0 Å². The second-order valence-corrected chi connectivity index (χ2v) is 6.50. The van der Waals surface area contributed by atoms with Crippen molar-refractivity contribution in [3.63, 3.8) is 0 Å². The maximum Gasteiger partial charge on any atom is 0.225 e. The van der Waals surface area contributed by atoms with Crippen LogP contribution in [0, 0.1) is 5.92 Å². The molecule has 3 nitrogen and oxygen atoms in total. The summed E-state index contributed by atoms with van der Waals surface area (Å²) in [6, 6.07) is 8.42. The van der Waals surface area contributed by atoms with Crippen molar-refractivity contribution >= 4 is 21.8 Å². The Bertz CT molecular complexity index is 471. The first-order chi connectivity index (χ1) is 9.25. The summed E-state index contributed by atoms with van der Waals surface area (Å²) in [5, 5.41) is 3.19. The number of carbonyl (C=O) groups excluding carboxylic acids is 1. The molecule has 1 aliphatic heterocycles. The van der Waals surface area contributed by atoms with E-state index in [0.717, 1.165) is 25.9 Å². The highest BCUT2D eigenvalue weighted by Crippen LogP contribution is 2.36. The molecule has 3 rings (SSSR count). The standard InChI is InChI=1S/C15H18BrNO2/c16-13-8-10-4-1-2-6-12(10)14(13)17-15(18)11-5-3-7-19-9-11/h1-2,4,6,11,13-14H,3,5,7-9H2,(H,17,18). The van der Waals surface area contributed by atoms with Gasteiger partial charge in [-0.2, -0.15) is 0 Å². The number of ether oxygens (including phenoxy) is 1. The third-order valence-corrected chi connectivity index (χ3v) is 4.85. The van der Waals surface area contributed by atoms with E-state index in [4.69, 9.17) is 4.74 Å². The van der Waals surface area contributed by atoms with Crippen molar-refractivity contribution in [1.29, 1.82) is 0 Å². The van der Waals surface area contributed by atoms with Gasteiger partial charge in [-0.15, -0.1) is 0 Å². The van der Waals surface area contributed by atoms with Gasteiger partial charge in [-0.05, 0) is 30.4 Å². The fourth-order valence-corrected chi connectivity index (χ4v) is 3.70. The molecule has 3 unspecified atom stereocenters. The molecule has 1 fully saturated rings. The molecule has 0 saturated carbocycles. The van der Waals surface area contributed by atoms with Crippen LogP contribution in [0.2, 0.25) is 0 Å². The maximum atomic E-state index is 12.3. The summed E-state index contributed by atoms with van der Waals surface area (Å²) in [6.45, 7) is 1.35. The van der Waals surface area contributed by atoms with Gasteiger partial charge in [-0.25, -0.2) is 0 Å². The predicted octanol–water partition coefficient (Wildman–Crippen LogP) is 2.59. The summed E-state index contributed by atoms with van der Waals surface area (Å²) in [7, 11) is 0. The molecule has 1 N–H and O–H groups in total. The molecule has 3 atom stereocenters. The third kappa shape index (κ3) is 2.70. The second-order valence-electron chi connectivity index (χ2n) is 5.32. The average Bonchev–Trinajstić information content (AvgIpc) is 2.76. The third-order valence-electron chi connectivity index (χ3n) is 4.00. The van der Waals surface area contributed by atoms with E-state index >= 15 is 0 Å². The van der Waals surface area contributed by atoms with Crippen LogP contribution in [-0.4, -0.2) is 23.9 Å². The molecular weight excluding hydrogens is 306 g/mol. The van der Waals surface area contributed by atoms with Gasteiger partial charge in [0.1, 0.15) is 0 Å².